The highest BCUT2D eigenvalue weighted by Gasteiger charge is 2.20. The SMILES string of the molecule is NCc1ncn2c1CN(c1ccccn1)CC2. The third-order valence-electron chi connectivity index (χ3n) is 3.15. The minimum absolute atomic E-state index is 0.498. The van der Waals surface area contributed by atoms with Gasteiger partial charge in [-0.1, -0.05) is 6.07 Å². The van der Waals surface area contributed by atoms with Crippen LogP contribution in [0.15, 0.2) is 30.7 Å². The lowest BCUT2D eigenvalue weighted by molar-refractivity contribution is 0.564. The second kappa shape index (κ2) is 4.18. The van der Waals surface area contributed by atoms with Crippen LogP contribution in [0.5, 0.6) is 0 Å². The van der Waals surface area contributed by atoms with E-state index in [1.807, 2.05) is 30.7 Å². The fraction of sp³-hybridized carbons (Fsp3) is 0.333. The van der Waals surface area contributed by atoms with Gasteiger partial charge in [-0.25, -0.2) is 9.97 Å². The highest BCUT2D eigenvalue weighted by atomic mass is 15.3. The van der Waals surface area contributed by atoms with E-state index in [0.717, 1.165) is 31.1 Å². The first-order chi connectivity index (χ1) is 8.38. The second-order valence-corrected chi connectivity index (χ2v) is 4.14. The largest absolute Gasteiger partial charge is 0.349 e. The Morgan fingerprint density at radius 2 is 2.18 bits per heavy atom. The average Bonchev–Trinajstić information content (AvgIpc) is 2.81. The summed E-state index contributed by atoms with van der Waals surface area (Å²) in [5.41, 5.74) is 7.90. The van der Waals surface area contributed by atoms with Crippen LogP contribution >= 0.6 is 0 Å². The Morgan fingerprint density at radius 1 is 1.24 bits per heavy atom. The van der Waals surface area contributed by atoms with Crippen molar-refractivity contribution in [3.8, 4) is 0 Å². The molecule has 2 N–H and O–H groups in total. The molecule has 2 aromatic heterocycles. The summed E-state index contributed by atoms with van der Waals surface area (Å²) in [4.78, 5) is 11.0. The van der Waals surface area contributed by atoms with Gasteiger partial charge in [-0.05, 0) is 12.1 Å². The van der Waals surface area contributed by atoms with Crippen molar-refractivity contribution >= 4 is 5.82 Å². The zero-order chi connectivity index (χ0) is 11.7. The number of anilines is 1. The molecule has 0 aliphatic carbocycles. The molecule has 3 rings (SSSR count). The van der Waals surface area contributed by atoms with E-state index in [1.54, 1.807) is 0 Å². The van der Waals surface area contributed by atoms with Gasteiger partial charge in [0, 0.05) is 25.8 Å². The molecule has 0 atom stereocenters. The van der Waals surface area contributed by atoms with Crippen molar-refractivity contribution in [2.24, 2.45) is 5.73 Å². The fourth-order valence-electron chi connectivity index (χ4n) is 2.22. The number of nitrogens with two attached hydrogens (primary N) is 1. The van der Waals surface area contributed by atoms with Crippen molar-refractivity contribution in [1.29, 1.82) is 0 Å². The standard InChI is InChI=1S/C12H15N5/c13-7-10-11-8-16(5-6-17(11)9-15-10)12-3-1-2-4-14-12/h1-4,9H,5-8,13H2. The first-order valence-electron chi connectivity index (χ1n) is 5.77. The Hall–Kier alpha value is -1.88. The van der Waals surface area contributed by atoms with Crippen LogP contribution in [0.3, 0.4) is 0 Å². The van der Waals surface area contributed by atoms with E-state index in [4.69, 9.17) is 5.73 Å². The molecule has 1 aliphatic rings. The molecule has 2 aromatic rings. The van der Waals surface area contributed by atoms with Crippen LogP contribution in [0.25, 0.3) is 0 Å². The highest BCUT2D eigenvalue weighted by Crippen LogP contribution is 2.20. The molecule has 5 nitrogen and oxygen atoms in total. The van der Waals surface area contributed by atoms with E-state index in [2.05, 4.69) is 19.4 Å². The van der Waals surface area contributed by atoms with Crippen molar-refractivity contribution in [1.82, 2.24) is 14.5 Å². The molecule has 5 heteroatoms. The number of hydrogen-bond acceptors (Lipinski definition) is 4. The summed E-state index contributed by atoms with van der Waals surface area (Å²) >= 11 is 0. The van der Waals surface area contributed by atoms with Crippen LogP contribution < -0.4 is 10.6 Å². The lowest BCUT2D eigenvalue weighted by atomic mass is 10.2. The summed E-state index contributed by atoms with van der Waals surface area (Å²) in [5.74, 6) is 1.02. The van der Waals surface area contributed by atoms with Gasteiger partial charge >= 0.3 is 0 Å². The number of fused-ring (bicyclic) bond motifs is 1. The first-order valence-corrected chi connectivity index (χ1v) is 5.77. The number of rotatable bonds is 2. The molecule has 3 heterocycles. The molecule has 0 unspecified atom stereocenters. The van der Waals surface area contributed by atoms with Crippen LogP contribution in [0, 0.1) is 0 Å². The van der Waals surface area contributed by atoms with Gasteiger partial charge < -0.3 is 15.2 Å². The Kier molecular flexibility index (Phi) is 2.53. The van der Waals surface area contributed by atoms with Gasteiger partial charge in [0.1, 0.15) is 5.82 Å². The predicted molar refractivity (Wildman–Crippen MR) is 65.4 cm³/mol. The number of pyridine rings is 1. The van der Waals surface area contributed by atoms with E-state index >= 15 is 0 Å². The van der Waals surface area contributed by atoms with Crippen LogP contribution in [-0.4, -0.2) is 21.1 Å². The van der Waals surface area contributed by atoms with Crippen molar-refractivity contribution in [2.45, 2.75) is 19.6 Å². The second-order valence-electron chi connectivity index (χ2n) is 4.14. The molecule has 1 aliphatic heterocycles. The Labute approximate surface area is 99.9 Å². The number of imidazole rings is 1. The van der Waals surface area contributed by atoms with Gasteiger partial charge in [0.25, 0.3) is 0 Å². The maximum absolute atomic E-state index is 5.69. The molecule has 0 spiro atoms. The third-order valence-corrected chi connectivity index (χ3v) is 3.15. The lowest BCUT2D eigenvalue weighted by Gasteiger charge is -2.29. The highest BCUT2D eigenvalue weighted by molar-refractivity contribution is 5.39. The third kappa shape index (κ3) is 1.78. The van der Waals surface area contributed by atoms with Gasteiger partial charge in [-0.3, -0.25) is 0 Å². The average molecular weight is 229 g/mol. The van der Waals surface area contributed by atoms with Crippen LogP contribution in [0.2, 0.25) is 0 Å². The number of aromatic nitrogens is 3. The van der Waals surface area contributed by atoms with E-state index in [0.29, 0.717) is 6.54 Å². The smallest absolute Gasteiger partial charge is 0.128 e. The summed E-state index contributed by atoms with van der Waals surface area (Å²) in [7, 11) is 0. The predicted octanol–water partition coefficient (Wildman–Crippen LogP) is 0.757. The van der Waals surface area contributed by atoms with Gasteiger partial charge in [0.15, 0.2) is 0 Å². The van der Waals surface area contributed by atoms with Crippen molar-refractivity contribution in [3.63, 3.8) is 0 Å². The molecule has 0 radical (unpaired) electrons. The zero-order valence-electron chi connectivity index (χ0n) is 9.58. The molecule has 0 saturated heterocycles. The van der Waals surface area contributed by atoms with E-state index < -0.39 is 0 Å². The van der Waals surface area contributed by atoms with Crippen LogP contribution in [0.4, 0.5) is 5.82 Å². The monoisotopic (exact) mass is 229 g/mol. The van der Waals surface area contributed by atoms with Crippen molar-refractivity contribution in [3.05, 3.63) is 42.1 Å². The molecule has 0 amide bonds. The maximum Gasteiger partial charge on any atom is 0.128 e. The zero-order valence-corrected chi connectivity index (χ0v) is 9.58. The Morgan fingerprint density at radius 3 is 2.94 bits per heavy atom. The summed E-state index contributed by atoms with van der Waals surface area (Å²) in [6.45, 7) is 3.24. The van der Waals surface area contributed by atoms with Gasteiger partial charge in [-0.15, -0.1) is 0 Å². The summed E-state index contributed by atoms with van der Waals surface area (Å²) in [6.07, 6.45) is 3.71. The molecular weight excluding hydrogens is 214 g/mol. The molecule has 17 heavy (non-hydrogen) atoms. The maximum atomic E-state index is 5.69. The van der Waals surface area contributed by atoms with Gasteiger partial charge in [-0.2, -0.15) is 0 Å². The quantitative estimate of drug-likeness (QED) is 0.825. The summed E-state index contributed by atoms with van der Waals surface area (Å²) < 4.78 is 2.18. The lowest BCUT2D eigenvalue weighted by Crippen LogP contribution is -2.34. The van der Waals surface area contributed by atoms with Crippen LogP contribution in [0.1, 0.15) is 11.4 Å². The van der Waals surface area contributed by atoms with E-state index in [-0.39, 0.29) is 0 Å². The molecular formula is C12H15N5. The minimum Gasteiger partial charge on any atom is -0.349 e. The Bertz CT molecular complexity index is 491. The van der Waals surface area contributed by atoms with Crippen molar-refractivity contribution in [2.75, 3.05) is 11.4 Å². The fourth-order valence-corrected chi connectivity index (χ4v) is 2.22. The molecule has 88 valence electrons. The van der Waals surface area contributed by atoms with Gasteiger partial charge in [0.05, 0.1) is 24.3 Å². The summed E-state index contributed by atoms with van der Waals surface area (Å²) in [6, 6.07) is 5.98. The normalized spacial score (nSPS) is 14.8. The van der Waals surface area contributed by atoms with Gasteiger partial charge in [0.2, 0.25) is 0 Å². The molecule has 0 saturated carbocycles. The topological polar surface area (TPSA) is 60.0 Å². The summed E-state index contributed by atoms with van der Waals surface area (Å²) in [5, 5.41) is 0. The molecule has 0 fully saturated rings. The van der Waals surface area contributed by atoms with E-state index in [9.17, 15) is 0 Å². The van der Waals surface area contributed by atoms with E-state index in [1.165, 1.54) is 5.69 Å². The molecule has 0 bridgehead atoms. The first kappa shape index (κ1) is 10.3. The van der Waals surface area contributed by atoms with Crippen LogP contribution in [-0.2, 0) is 19.6 Å². The number of nitrogens with zero attached hydrogens (tertiary/aromatic N) is 4. The van der Waals surface area contributed by atoms with Crippen molar-refractivity contribution < 1.29 is 0 Å². The minimum atomic E-state index is 0.498. The molecule has 0 aromatic carbocycles. The Balaban J connectivity index is 1.89. The number of hydrogen-bond donors (Lipinski definition) is 1.